The minimum absolute atomic E-state index is 0.121. The molecule has 0 N–H and O–H groups in total. The van der Waals surface area contributed by atoms with Crippen molar-refractivity contribution in [1.29, 1.82) is 5.26 Å². The summed E-state index contributed by atoms with van der Waals surface area (Å²) in [6.45, 7) is 2.40. The van der Waals surface area contributed by atoms with E-state index in [1.807, 2.05) is 65.9 Å². The highest BCUT2D eigenvalue weighted by Crippen LogP contribution is 2.27. The van der Waals surface area contributed by atoms with E-state index in [0.29, 0.717) is 44.0 Å². The van der Waals surface area contributed by atoms with Gasteiger partial charge in [-0.3, -0.25) is 19.3 Å². The topological polar surface area (TPSA) is 102 Å². The summed E-state index contributed by atoms with van der Waals surface area (Å²) >= 11 is 1.98. The van der Waals surface area contributed by atoms with Crippen LogP contribution in [-0.2, 0) is 19.7 Å². The predicted molar refractivity (Wildman–Crippen MR) is 156 cm³/mol. The number of nitriles is 1. The zero-order chi connectivity index (χ0) is 28.4. The third-order valence-electron chi connectivity index (χ3n) is 6.85. The lowest BCUT2D eigenvalue weighted by atomic mass is 10.1. The molecule has 9 heteroatoms. The molecule has 1 aliphatic rings. The summed E-state index contributed by atoms with van der Waals surface area (Å²) in [6.07, 6.45) is 0. The second-order valence-corrected chi connectivity index (χ2v) is 10.4. The number of rotatable bonds is 8. The number of pyridine rings is 1. The van der Waals surface area contributed by atoms with Crippen LogP contribution in [0, 0.1) is 21.8 Å². The largest absolute Gasteiger partial charge is 0.495 e. The van der Waals surface area contributed by atoms with Crippen LogP contribution in [0.1, 0.15) is 48.7 Å². The molecule has 0 bridgehead atoms. The Morgan fingerprint density at radius 1 is 0.850 bits per heavy atom. The van der Waals surface area contributed by atoms with Crippen molar-refractivity contribution in [2.45, 2.75) is 26.6 Å². The molecule has 0 saturated heterocycles. The maximum atomic E-state index is 13.3. The quantitative estimate of drug-likeness (QED) is 0.196. The van der Waals surface area contributed by atoms with Crippen molar-refractivity contribution in [2.75, 3.05) is 7.11 Å². The Morgan fingerprint density at radius 2 is 1.50 bits per heavy atom. The van der Waals surface area contributed by atoms with Gasteiger partial charge in [-0.2, -0.15) is 5.26 Å². The standard InChI is InChI=1S/C31H24IN3O5/c1-19-13-27(28(32)31(38)34(19)16-20-11-12-26(39-2)23(14-20)15-33)40-18-22-8-4-3-7-21(22)17-35-29(36)24-9-5-6-10-25(24)30(35)37/h3-14H,16-18H2,1-2H3. The molecular weight excluding hydrogens is 621 g/mol. The number of aromatic nitrogens is 1. The first-order valence-corrected chi connectivity index (χ1v) is 13.5. The monoisotopic (exact) mass is 645 g/mol. The number of halogens is 1. The van der Waals surface area contributed by atoms with E-state index in [2.05, 4.69) is 6.07 Å². The first-order chi connectivity index (χ1) is 19.3. The van der Waals surface area contributed by atoms with Crippen molar-refractivity contribution in [2.24, 2.45) is 0 Å². The number of aryl methyl sites for hydroxylation is 1. The maximum Gasteiger partial charge on any atom is 0.268 e. The number of carbonyl (C=O) groups excluding carboxylic acids is 2. The van der Waals surface area contributed by atoms with Gasteiger partial charge in [-0.05, 0) is 70.5 Å². The summed E-state index contributed by atoms with van der Waals surface area (Å²) in [7, 11) is 1.51. The number of carbonyl (C=O) groups is 2. The first kappa shape index (κ1) is 27.1. The Labute approximate surface area is 244 Å². The molecule has 0 radical (unpaired) electrons. The number of benzene rings is 3. The maximum absolute atomic E-state index is 13.3. The fourth-order valence-corrected chi connectivity index (χ4v) is 5.30. The van der Waals surface area contributed by atoms with Gasteiger partial charge < -0.3 is 14.0 Å². The average Bonchev–Trinajstić information content (AvgIpc) is 3.21. The van der Waals surface area contributed by atoms with E-state index in [-0.39, 0.29) is 30.5 Å². The van der Waals surface area contributed by atoms with Crippen LogP contribution in [0.4, 0.5) is 0 Å². The summed E-state index contributed by atoms with van der Waals surface area (Å²) < 4.78 is 13.4. The second-order valence-electron chi connectivity index (χ2n) is 9.30. The average molecular weight is 645 g/mol. The van der Waals surface area contributed by atoms with Gasteiger partial charge in [0.1, 0.15) is 27.7 Å². The molecule has 4 aromatic rings. The van der Waals surface area contributed by atoms with Gasteiger partial charge in [0.2, 0.25) is 0 Å². The number of amides is 2. The van der Waals surface area contributed by atoms with E-state index in [1.165, 1.54) is 12.0 Å². The van der Waals surface area contributed by atoms with E-state index >= 15 is 0 Å². The highest BCUT2D eigenvalue weighted by Gasteiger charge is 2.35. The Morgan fingerprint density at radius 3 is 2.15 bits per heavy atom. The lowest BCUT2D eigenvalue weighted by molar-refractivity contribution is 0.0641. The highest BCUT2D eigenvalue weighted by molar-refractivity contribution is 14.1. The van der Waals surface area contributed by atoms with Gasteiger partial charge in [0.05, 0.1) is 36.9 Å². The number of hydrogen-bond acceptors (Lipinski definition) is 6. The minimum Gasteiger partial charge on any atom is -0.495 e. The third kappa shape index (κ3) is 5.10. The number of methoxy groups -OCH3 is 1. The van der Waals surface area contributed by atoms with Crippen molar-refractivity contribution < 1.29 is 19.1 Å². The lowest BCUT2D eigenvalue weighted by Crippen LogP contribution is -2.29. The molecular formula is C31H24IN3O5. The van der Waals surface area contributed by atoms with Crippen LogP contribution in [0.2, 0.25) is 0 Å². The SMILES string of the molecule is COc1ccc(Cn2c(C)cc(OCc3ccccc3CN3C(=O)c4ccccc4C3=O)c(I)c2=O)cc1C#N. The molecule has 2 heterocycles. The zero-order valence-electron chi connectivity index (χ0n) is 21.8. The van der Waals surface area contributed by atoms with E-state index < -0.39 is 0 Å². The molecule has 200 valence electrons. The summed E-state index contributed by atoms with van der Waals surface area (Å²) in [4.78, 5) is 40.3. The Kier molecular flexibility index (Phi) is 7.71. The van der Waals surface area contributed by atoms with Crippen molar-refractivity contribution in [3.8, 4) is 17.6 Å². The van der Waals surface area contributed by atoms with Crippen LogP contribution in [-0.4, -0.2) is 28.4 Å². The molecule has 0 fully saturated rings. The Hall–Kier alpha value is -4.43. The van der Waals surface area contributed by atoms with Crippen LogP contribution >= 0.6 is 22.6 Å². The van der Waals surface area contributed by atoms with Crippen LogP contribution < -0.4 is 15.0 Å². The highest BCUT2D eigenvalue weighted by atomic mass is 127. The number of fused-ring (bicyclic) bond motifs is 1. The van der Waals surface area contributed by atoms with Gasteiger partial charge in [-0.1, -0.05) is 42.5 Å². The Balaban J connectivity index is 1.34. The van der Waals surface area contributed by atoms with Crippen LogP contribution in [0.25, 0.3) is 0 Å². The molecule has 40 heavy (non-hydrogen) atoms. The van der Waals surface area contributed by atoms with Gasteiger partial charge in [-0.25, -0.2) is 0 Å². The molecule has 3 aromatic carbocycles. The normalized spacial score (nSPS) is 12.3. The van der Waals surface area contributed by atoms with E-state index in [4.69, 9.17) is 9.47 Å². The fraction of sp³-hybridized carbons (Fsp3) is 0.161. The Bertz CT molecular complexity index is 1720. The number of hydrogen-bond donors (Lipinski definition) is 0. The van der Waals surface area contributed by atoms with Gasteiger partial charge in [0, 0.05) is 11.8 Å². The van der Waals surface area contributed by atoms with Crippen LogP contribution in [0.3, 0.4) is 0 Å². The van der Waals surface area contributed by atoms with Crippen molar-refractivity contribution in [3.63, 3.8) is 0 Å². The van der Waals surface area contributed by atoms with Crippen molar-refractivity contribution >= 4 is 34.4 Å². The van der Waals surface area contributed by atoms with Crippen LogP contribution in [0.15, 0.2) is 77.6 Å². The van der Waals surface area contributed by atoms with E-state index in [0.717, 1.165) is 16.7 Å². The molecule has 1 aromatic heterocycles. The number of imide groups is 1. The van der Waals surface area contributed by atoms with E-state index in [9.17, 15) is 19.6 Å². The van der Waals surface area contributed by atoms with Gasteiger partial charge in [0.25, 0.3) is 17.4 Å². The smallest absolute Gasteiger partial charge is 0.268 e. The first-order valence-electron chi connectivity index (χ1n) is 12.4. The molecule has 0 spiro atoms. The second kappa shape index (κ2) is 11.4. The van der Waals surface area contributed by atoms with Gasteiger partial charge >= 0.3 is 0 Å². The zero-order valence-corrected chi connectivity index (χ0v) is 24.0. The third-order valence-corrected chi connectivity index (χ3v) is 7.84. The van der Waals surface area contributed by atoms with Gasteiger partial charge in [-0.15, -0.1) is 0 Å². The molecule has 0 aliphatic carbocycles. The minimum atomic E-state index is -0.316. The lowest BCUT2D eigenvalue weighted by Gasteiger charge is -2.18. The molecule has 1 aliphatic heterocycles. The summed E-state index contributed by atoms with van der Waals surface area (Å²) in [5.74, 6) is 0.298. The fourth-order valence-electron chi connectivity index (χ4n) is 4.70. The van der Waals surface area contributed by atoms with Crippen molar-refractivity contribution in [3.05, 3.63) is 126 Å². The molecule has 0 atom stereocenters. The van der Waals surface area contributed by atoms with E-state index in [1.54, 1.807) is 41.0 Å². The van der Waals surface area contributed by atoms with Crippen molar-refractivity contribution in [1.82, 2.24) is 9.47 Å². The molecule has 0 saturated carbocycles. The van der Waals surface area contributed by atoms with Crippen LogP contribution in [0.5, 0.6) is 11.5 Å². The summed E-state index contributed by atoms with van der Waals surface area (Å²) in [5.41, 5.74) is 4.10. The predicted octanol–water partition coefficient (Wildman–Crippen LogP) is 5.07. The molecule has 0 unspecified atom stereocenters. The molecule has 2 amide bonds. The van der Waals surface area contributed by atoms with Gasteiger partial charge in [0.15, 0.2) is 0 Å². The summed E-state index contributed by atoms with van der Waals surface area (Å²) in [6, 6.07) is 23.5. The number of ether oxygens (including phenoxy) is 2. The summed E-state index contributed by atoms with van der Waals surface area (Å²) in [5, 5.41) is 9.40. The molecule has 5 rings (SSSR count). The number of nitrogens with zero attached hydrogens (tertiary/aromatic N) is 3. The molecule has 8 nitrogen and oxygen atoms in total.